The summed E-state index contributed by atoms with van der Waals surface area (Å²) in [5, 5.41) is 8.78. The van der Waals surface area contributed by atoms with E-state index in [1.807, 2.05) is 4.57 Å². The predicted molar refractivity (Wildman–Crippen MR) is 76.0 cm³/mol. The van der Waals surface area contributed by atoms with Gasteiger partial charge in [-0.1, -0.05) is 38.8 Å². The normalized spacial score (nSPS) is 10.9. The molecule has 0 aliphatic carbocycles. The molecule has 0 amide bonds. The van der Waals surface area contributed by atoms with Crippen LogP contribution in [0.25, 0.3) is 11.4 Å². The Morgan fingerprint density at radius 1 is 1.33 bits per heavy atom. The van der Waals surface area contributed by atoms with Gasteiger partial charge in [-0.05, 0) is 24.6 Å². The van der Waals surface area contributed by atoms with Crippen molar-refractivity contribution in [2.45, 2.75) is 25.2 Å². The van der Waals surface area contributed by atoms with Gasteiger partial charge in [-0.15, -0.1) is 10.2 Å². The van der Waals surface area contributed by atoms with Crippen LogP contribution in [0.3, 0.4) is 0 Å². The van der Waals surface area contributed by atoms with Crippen LogP contribution in [-0.2, 0) is 11.9 Å². The molecule has 0 saturated carbocycles. The Labute approximate surface area is 122 Å². The summed E-state index contributed by atoms with van der Waals surface area (Å²) in [4.78, 5) is 0. The van der Waals surface area contributed by atoms with Crippen LogP contribution in [0.15, 0.2) is 22.7 Å². The first-order valence-electron chi connectivity index (χ1n) is 5.60. The predicted octanol–water partition coefficient (Wildman–Crippen LogP) is 4.15. The van der Waals surface area contributed by atoms with Gasteiger partial charge < -0.3 is 4.57 Å². The SMILES string of the molecule is CCCn1c(CBr)nnc1-c1ccc(Br)cc1F. The highest BCUT2D eigenvalue weighted by atomic mass is 79.9. The van der Waals surface area contributed by atoms with Crippen molar-refractivity contribution in [3.05, 3.63) is 34.3 Å². The average molecular weight is 377 g/mol. The molecule has 0 radical (unpaired) electrons. The van der Waals surface area contributed by atoms with E-state index >= 15 is 0 Å². The van der Waals surface area contributed by atoms with E-state index in [0.29, 0.717) is 21.2 Å². The highest BCUT2D eigenvalue weighted by Gasteiger charge is 2.15. The summed E-state index contributed by atoms with van der Waals surface area (Å²) in [7, 11) is 0. The van der Waals surface area contributed by atoms with Crippen LogP contribution in [0.5, 0.6) is 0 Å². The number of aromatic nitrogens is 3. The van der Waals surface area contributed by atoms with E-state index in [4.69, 9.17) is 0 Å². The van der Waals surface area contributed by atoms with E-state index in [-0.39, 0.29) is 5.82 Å². The molecular formula is C12H12Br2FN3. The van der Waals surface area contributed by atoms with Crippen LogP contribution in [0, 0.1) is 5.82 Å². The maximum atomic E-state index is 13.9. The van der Waals surface area contributed by atoms with Gasteiger partial charge in [-0.25, -0.2) is 4.39 Å². The van der Waals surface area contributed by atoms with E-state index in [2.05, 4.69) is 49.0 Å². The molecule has 0 unspecified atom stereocenters. The molecule has 0 spiro atoms. The number of halogens is 3. The van der Waals surface area contributed by atoms with Crippen LogP contribution in [0.2, 0.25) is 0 Å². The van der Waals surface area contributed by atoms with Gasteiger partial charge in [0.25, 0.3) is 0 Å². The van der Waals surface area contributed by atoms with Crippen molar-refractivity contribution in [3.8, 4) is 11.4 Å². The molecule has 3 nitrogen and oxygen atoms in total. The standard InChI is InChI=1S/C12H12Br2FN3/c1-2-5-18-11(7-13)16-17-12(18)9-4-3-8(14)6-10(9)15/h3-4,6H,2,5,7H2,1H3. The van der Waals surface area contributed by atoms with Crippen LogP contribution in [0.4, 0.5) is 4.39 Å². The second-order valence-electron chi connectivity index (χ2n) is 3.85. The van der Waals surface area contributed by atoms with Gasteiger partial charge >= 0.3 is 0 Å². The van der Waals surface area contributed by atoms with E-state index in [9.17, 15) is 4.39 Å². The minimum absolute atomic E-state index is 0.296. The topological polar surface area (TPSA) is 30.7 Å². The minimum atomic E-state index is -0.296. The van der Waals surface area contributed by atoms with E-state index in [0.717, 1.165) is 18.8 Å². The van der Waals surface area contributed by atoms with Gasteiger partial charge in [-0.3, -0.25) is 0 Å². The van der Waals surface area contributed by atoms with Crippen LogP contribution >= 0.6 is 31.9 Å². The fourth-order valence-electron chi connectivity index (χ4n) is 1.76. The molecule has 0 saturated heterocycles. The highest BCUT2D eigenvalue weighted by Crippen LogP contribution is 2.25. The Balaban J connectivity index is 2.52. The molecule has 2 rings (SSSR count). The lowest BCUT2D eigenvalue weighted by Crippen LogP contribution is -2.04. The molecular weight excluding hydrogens is 365 g/mol. The second-order valence-corrected chi connectivity index (χ2v) is 5.33. The first-order chi connectivity index (χ1) is 8.67. The molecule has 0 N–H and O–H groups in total. The summed E-state index contributed by atoms with van der Waals surface area (Å²) in [5.74, 6) is 1.10. The first kappa shape index (κ1) is 13.7. The third-order valence-electron chi connectivity index (χ3n) is 2.57. The molecule has 6 heteroatoms. The van der Waals surface area contributed by atoms with Gasteiger partial charge in [0.2, 0.25) is 0 Å². The molecule has 0 aliphatic rings. The lowest BCUT2D eigenvalue weighted by atomic mass is 10.2. The summed E-state index contributed by atoms with van der Waals surface area (Å²) in [6.45, 7) is 2.85. The highest BCUT2D eigenvalue weighted by molar-refractivity contribution is 9.10. The summed E-state index contributed by atoms with van der Waals surface area (Å²) >= 11 is 6.62. The summed E-state index contributed by atoms with van der Waals surface area (Å²) < 4.78 is 16.6. The fourth-order valence-corrected chi connectivity index (χ4v) is 2.51. The molecule has 1 aromatic heterocycles. The smallest absolute Gasteiger partial charge is 0.166 e. The van der Waals surface area contributed by atoms with Crippen LogP contribution < -0.4 is 0 Å². The molecule has 0 bridgehead atoms. The summed E-state index contributed by atoms with van der Waals surface area (Å²) in [5.41, 5.74) is 0.478. The van der Waals surface area contributed by atoms with Gasteiger partial charge in [-0.2, -0.15) is 0 Å². The van der Waals surface area contributed by atoms with Gasteiger partial charge in [0.1, 0.15) is 11.6 Å². The van der Waals surface area contributed by atoms with Crippen molar-refractivity contribution in [1.29, 1.82) is 0 Å². The monoisotopic (exact) mass is 375 g/mol. The second kappa shape index (κ2) is 5.93. The molecule has 0 atom stereocenters. The van der Waals surface area contributed by atoms with E-state index < -0.39 is 0 Å². The Morgan fingerprint density at radius 3 is 2.72 bits per heavy atom. The molecule has 96 valence electrons. The van der Waals surface area contributed by atoms with Crippen molar-refractivity contribution in [3.63, 3.8) is 0 Å². The van der Waals surface area contributed by atoms with Crippen molar-refractivity contribution in [1.82, 2.24) is 14.8 Å². The van der Waals surface area contributed by atoms with Crippen LogP contribution in [-0.4, -0.2) is 14.8 Å². The minimum Gasteiger partial charge on any atom is -0.310 e. The van der Waals surface area contributed by atoms with Crippen molar-refractivity contribution in [2.75, 3.05) is 0 Å². The lowest BCUT2D eigenvalue weighted by molar-refractivity contribution is 0.620. The first-order valence-corrected chi connectivity index (χ1v) is 7.52. The maximum Gasteiger partial charge on any atom is 0.166 e. The Hall–Kier alpha value is -0.750. The molecule has 0 fully saturated rings. The van der Waals surface area contributed by atoms with E-state index in [1.165, 1.54) is 6.07 Å². The Bertz CT molecular complexity index is 554. The summed E-state index contributed by atoms with van der Waals surface area (Å²) in [6, 6.07) is 4.96. The third-order valence-corrected chi connectivity index (χ3v) is 3.56. The number of hydrogen-bond donors (Lipinski definition) is 0. The summed E-state index contributed by atoms with van der Waals surface area (Å²) in [6.07, 6.45) is 0.948. The zero-order chi connectivity index (χ0) is 13.1. The molecule has 0 aliphatic heterocycles. The number of benzene rings is 1. The quantitative estimate of drug-likeness (QED) is 0.750. The Morgan fingerprint density at radius 2 is 2.11 bits per heavy atom. The number of alkyl halides is 1. The van der Waals surface area contributed by atoms with Gasteiger partial charge in [0.15, 0.2) is 5.82 Å². The van der Waals surface area contributed by atoms with Crippen molar-refractivity contribution in [2.24, 2.45) is 0 Å². The molecule has 1 aromatic carbocycles. The van der Waals surface area contributed by atoms with Crippen molar-refractivity contribution < 1.29 is 4.39 Å². The molecule has 2 aromatic rings. The van der Waals surface area contributed by atoms with E-state index in [1.54, 1.807) is 12.1 Å². The van der Waals surface area contributed by atoms with Gasteiger partial charge in [0.05, 0.1) is 10.9 Å². The van der Waals surface area contributed by atoms with Crippen LogP contribution in [0.1, 0.15) is 19.2 Å². The number of nitrogens with zero attached hydrogens (tertiary/aromatic N) is 3. The fraction of sp³-hybridized carbons (Fsp3) is 0.333. The van der Waals surface area contributed by atoms with Crippen molar-refractivity contribution >= 4 is 31.9 Å². The maximum absolute atomic E-state index is 13.9. The number of hydrogen-bond acceptors (Lipinski definition) is 2. The van der Waals surface area contributed by atoms with Gasteiger partial charge in [0, 0.05) is 11.0 Å². The Kier molecular flexibility index (Phi) is 4.50. The average Bonchev–Trinajstić information content (AvgIpc) is 2.73. The third kappa shape index (κ3) is 2.64. The largest absolute Gasteiger partial charge is 0.310 e. The lowest BCUT2D eigenvalue weighted by Gasteiger charge is -2.08. The molecule has 18 heavy (non-hydrogen) atoms. The zero-order valence-corrected chi connectivity index (χ0v) is 13.0. The number of rotatable bonds is 4. The molecule has 1 heterocycles. The zero-order valence-electron chi connectivity index (χ0n) is 9.83.